The smallest absolute Gasteiger partial charge is 0.196 e. The Morgan fingerprint density at radius 3 is 2.52 bits per heavy atom. The molecule has 0 amide bonds. The number of thiazole rings is 1. The molecular weight excluding hydrogens is 282 g/mol. The van der Waals surface area contributed by atoms with Gasteiger partial charge in [0.15, 0.2) is 17.1 Å². The number of imidazole rings is 1. The van der Waals surface area contributed by atoms with Crippen molar-refractivity contribution < 1.29 is 4.79 Å². The van der Waals surface area contributed by atoms with E-state index in [1.165, 1.54) is 11.1 Å². The zero-order valence-corrected chi connectivity index (χ0v) is 12.3. The summed E-state index contributed by atoms with van der Waals surface area (Å²) in [5.74, 6) is 0.824. The average molecular weight is 297 g/mol. The minimum absolute atomic E-state index is 0.664. The third-order valence-corrected chi connectivity index (χ3v) is 4.87. The number of nitrogens with zero attached hydrogens (tertiary/aromatic N) is 3. The van der Waals surface area contributed by atoms with Crippen LogP contribution >= 0.6 is 11.3 Å². The van der Waals surface area contributed by atoms with Crippen LogP contribution in [0.3, 0.4) is 0 Å². The molecule has 1 aliphatic heterocycles. The van der Waals surface area contributed by atoms with E-state index in [-0.39, 0.29) is 0 Å². The van der Waals surface area contributed by atoms with E-state index in [4.69, 9.17) is 0 Å². The molecule has 0 N–H and O–H groups in total. The zero-order valence-electron chi connectivity index (χ0n) is 11.5. The highest BCUT2D eigenvalue weighted by atomic mass is 32.1. The van der Waals surface area contributed by atoms with Crippen LogP contribution in [-0.2, 0) is 12.8 Å². The van der Waals surface area contributed by atoms with Crippen molar-refractivity contribution in [2.75, 3.05) is 18.0 Å². The van der Waals surface area contributed by atoms with Gasteiger partial charge in [-0.1, -0.05) is 24.3 Å². The van der Waals surface area contributed by atoms with Crippen LogP contribution in [0.25, 0.3) is 4.96 Å². The van der Waals surface area contributed by atoms with Crippen molar-refractivity contribution in [3.63, 3.8) is 0 Å². The second-order valence-electron chi connectivity index (χ2n) is 5.25. The molecule has 0 fully saturated rings. The van der Waals surface area contributed by atoms with Crippen LogP contribution in [0, 0.1) is 0 Å². The minimum atomic E-state index is 0.664. The summed E-state index contributed by atoms with van der Waals surface area (Å²) in [6, 6.07) is 8.59. The van der Waals surface area contributed by atoms with Gasteiger partial charge in [-0.25, -0.2) is 4.98 Å². The van der Waals surface area contributed by atoms with Gasteiger partial charge in [0.25, 0.3) is 0 Å². The number of benzene rings is 1. The summed E-state index contributed by atoms with van der Waals surface area (Å²) in [6.07, 6.45) is 4.83. The molecule has 0 aliphatic carbocycles. The Bertz CT molecular complexity index is 778. The normalized spacial score (nSPS) is 15.0. The molecule has 1 aromatic carbocycles. The van der Waals surface area contributed by atoms with Crippen molar-refractivity contribution in [1.29, 1.82) is 0 Å². The van der Waals surface area contributed by atoms with Crippen LogP contribution in [0.15, 0.2) is 35.8 Å². The second kappa shape index (κ2) is 5.00. The maximum absolute atomic E-state index is 11.5. The van der Waals surface area contributed by atoms with E-state index < -0.39 is 0 Å². The summed E-state index contributed by atoms with van der Waals surface area (Å²) in [7, 11) is 0. The molecule has 2 aromatic heterocycles. The number of aromatic nitrogens is 2. The number of carbonyl (C=O) groups excluding carboxylic acids is 1. The maximum atomic E-state index is 11.5. The zero-order chi connectivity index (χ0) is 14.2. The summed E-state index contributed by atoms with van der Waals surface area (Å²) >= 11 is 1.56. The lowest BCUT2D eigenvalue weighted by atomic mass is 10.0. The molecule has 0 saturated carbocycles. The molecule has 1 aliphatic rings. The molecule has 5 heteroatoms. The molecule has 4 rings (SSSR count). The predicted molar refractivity (Wildman–Crippen MR) is 84.5 cm³/mol. The van der Waals surface area contributed by atoms with E-state index in [1.807, 2.05) is 16.0 Å². The standard InChI is InChI=1S/C16H15N3OS/c20-11-14-15(17-16-19(14)9-10-21-16)18-7-5-12-3-1-2-4-13(12)6-8-18/h1-4,9-11H,5-8H2. The van der Waals surface area contributed by atoms with Crippen LogP contribution in [0.2, 0.25) is 0 Å². The molecule has 0 radical (unpaired) electrons. The van der Waals surface area contributed by atoms with Gasteiger partial charge in [-0.15, -0.1) is 11.3 Å². The molecule has 0 saturated heterocycles. The Hall–Kier alpha value is -2.14. The largest absolute Gasteiger partial charge is 0.354 e. The van der Waals surface area contributed by atoms with E-state index in [9.17, 15) is 4.79 Å². The molecular formula is C16H15N3OS. The van der Waals surface area contributed by atoms with Crippen LogP contribution in [0.4, 0.5) is 5.82 Å². The Kier molecular flexibility index (Phi) is 3.00. The number of hydrogen-bond acceptors (Lipinski definition) is 4. The summed E-state index contributed by atoms with van der Waals surface area (Å²) < 4.78 is 1.88. The predicted octanol–water partition coefficient (Wildman–Crippen LogP) is 2.81. The third-order valence-electron chi connectivity index (χ3n) is 4.11. The molecule has 0 bridgehead atoms. The van der Waals surface area contributed by atoms with E-state index in [2.05, 4.69) is 34.1 Å². The van der Waals surface area contributed by atoms with Crippen LogP contribution < -0.4 is 4.90 Å². The van der Waals surface area contributed by atoms with Gasteiger partial charge in [0.1, 0.15) is 5.69 Å². The van der Waals surface area contributed by atoms with Gasteiger partial charge >= 0.3 is 0 Å². The van der Waals surface area contributed by atoms with Gasteiger partial charge in [0, 0.05) is 24.7 Å². The molecule has 4 nitrogen and oxygen atoms in total. The van der Waals surface area contributed by atoms with Gasteiger partial charge in [-0.3, -0.25) is 9.20 Å². The number of fused-ring (bicyclic) bond motifs is 2. The lowest BCUT2D eigenvalue weighted by molar-refractivity contribution is 0.111. The molecule has 0 atom stereocenters. The second-order valence-corrected chi connectivity index (χ2v) is 6.12. The SMILES string of the molecule is O=Cc1c(N2CCc3ccccc3CC2)nc2sccn12. The van der Waals surface area contributed by atoms with E-state index in [0.29, 0.717) is 5.69 Å². The first-order chi connectivity index (χ1) is 10.4. The number of anilines is 1. The maximum Gasteiger partial charge on any atom is 0.196 e. The Morgan fingerprint density at radius 2 is 1.86 bits per heavy atom. The highest BCUT2D eigenvalue weighted by Crippen LogP contribution is 2.26. The lowest BCUT2D eigenvalue weighted by Gasteiger charge is -2.20. The summed E-state index contributed by atoms with van der Waals surface area (Å²) in [4.78, 5) is 19.2. The fourth-order valence-electron chi connectivity index (χ4n) is 3.01. The van der Waals surface area contributed by atoms with Gasteiger partial charge in [-0.05, 0) is 24.0 Å². The van der Waals surface area contributed by atoms with Crippen molar-refractivity contribution >= 4 is 28.4 Å². The molecule has 106 valence electrons. The highest BCUT2D eigenvalue weighted by Gasteiger charge is 2.21. The Balaban J connectivity index is 1.70. The topological polar surface area (TPSA) is 37.6 Å². The molecule has 0 unspecified atom stereocenters. The average Bonchev–Trinajstić information content (AvgIpc) is 3.02. The van der Waals surface area contributed by atoms with E-state index in [1.54, 1.807) is 11.3 Å². The summed E-state index contributed by atoms with van der Waals surface area (Å²) in [6.45, 7) is 1.81. The number of hydrogen-bond donors (Lipinski definition) is 0. The number of carbonyl (C=O) groups is 1. The van der Waals surface area contributed by atoms with Gasteiger partial charge < -0.3 is 4.90 Å². The van der Waals surface area contributed by atoms with Crippen molar-refractivity contribution in [3.8, 4) is 0 Å². The Morgan fingerprint density at radius 1 is 1.14 bits per heavy atom. The number of rotatable bonds is 2. The Labute approximate surface area is 126 Å². The van der Waals surface area contributed by atoms with E-state index in [0.717, 1.165) is 43.0 Å². The highest BCUT2D eigenvalue weighted by molar-refractivity contribution is 7.15. The van der Waals surface area contributed by atoms with Crippen LogP contribution in [-0.4, -0.2) is 28.8 Å². The van der Waals surface area contributed by atoms with Crippen molar-refractivity contribution in [2.45, 2.75) is 12.8 Å². The minimum Gasteiger partial charge on any atom is -0.354 e. The van der Waals surface area contributed by atoms with Crippen LogP contribution in [0.5, 0.6) is 0 Å². The first kappa shape index (κ1) is 12.6. The molecule has 21 heavy (non-hydrogen) atoms. The van der Waals surface area contributed by atoms with Gasteiger partial charge in [0.05, 0.1) is 0 Å². The molecule has 3 heterocycles. The monoisotopic (exact) mass is 297 g/mol. The van der Waals surface area contributed by atoms with Gasteiger partial charge in [0.2, 0.25) is 0 Å². The van der Waals surface area contributed by atoms with Crippen LogP contribution in [0.1, 0.15) is 21.6 Å². The fourth-order valence-corrected chi connectivity index (χ4v) is 3.73. The van der Waals surface area contributed by atoms with Gasteiger partial charge in [-0.2, -0.15) is 0 Å². The van der Waals surface area contributed by atoms with Crippen molar-refractivity contribution in [3.05, 3.63) is 52.7 Å². The van der Waals surface area contributed by atoms with Crippen molar-refractivity contribution in [2.24, 2.45) is 0 Å². The lowest BCUT2D eigenvalue weighted by Crippen LogP contribution is -2.27. The summed E-state index contributed by atoms with van der Waals surface area (Å²) in [5.41, 5.74) is 3.49. The quantitative estimate of drug-likeness (QED) is 0.683. The fraction of sp³-hybridized carbons (Fsp3) is 0.250. The first-order valence-corrected chi connectivity index (χ1v) is 7.97. The third kappa shape index (κ3) is 2.05. The van der Waals surface area contributed by atoms with Crippen molar-refractivity contribution in [1.82, 2.24) is 9.38 Å². The molecule has 0 spiro atoms. The van der Waals surface area contributed by atoms with E-state index >= 15 is 0 Å². The summed E-state index contributed by atoms with van der Waals surface area (Å²) in [5, 5.41) is 1.96. The first-order valence-electron chi connectivity index (χ1n) is 7.09. The molecule has 3 aromatic rings. The number of aldehydes is 1.